The van der Waals surface area contributed by atoms with Gasteiger partial charge in [0.1, 0.15) is 23.6 Å². The van der Waals surface area contributed by atoms with Crippen LogP contribution in [0, 0.1) is 11.7 Å². The zero-order valence-electron chi connectivity index (χ0n) is 25.9. The Morgan fingerprint density at radius 1 is 1.00 bits per heavy atom. The molecule has 1 aromatic carbocycles. The Kier molecular flexibility index (Phi) is 11.9. The largest absolute Gasteiger partial charge is 0.381 e. The quantitative estimate of drug-likeness (QED) is 0.288. The molecule has 1 aliphatic carbocycles. The number of ether oxygens (including phenoxy) is 1. The fourth-order valence-electron chi connectivity index (χ4n) is 6.00. The highest BCUT2D eigenvalue weighted by atomic mass is 19.1. The van der Waals surface area contributed by atoms with E-state index in [1.165, 1.54) is 12.1 Å². The summed E-state index contributed by atoms with van der Waals surface area (Å²) in [4.78, 5) is 52.3. The van der Waals surface area contributed by atoms with Crippen LogP contribution in [0.25, 0.3) is 0 Å². The van der Waals surface area contributed by atoms with E-state index in [4.69, 9.17) is 4.74 Å². The molecule has 11 nitrogen and oxygen atoms in total. The molecule has 12 heteroatoms. The van der Waals surface area contributed by atoms with Crippen LogP contribution in [0.1, 0.15) is 94.1 Å². The van der Waals surface area contributed by atoms with Crippen LogP contribution in [0.15, 0.2) is 30.5 Å². The second kappa shape index (κ2) is 15.8. The van der Waals surface area contributed by atoms with Crippen molar-refractivity contribution in [3.63, 3.8) is 0 Å². The van der Waals surface area contributed by atoms with Gasteiger partial charge in [0.2, 0.25) is 17.7 Å². The monoisotopic (exact) mass is 612 g/mol. The lowest BCUT2D eigenvalue weighted by atomic mass is 9.83. The van der Waals surface area contributed by atoms with Crippen LogP contribution in [0.4, 0.5) is 10.1 Å². The number of carbonyl (C=O) groups is 4. The number of hydrogen-bond acceptors (Lipinski definition) is 6. The molecular weight excluding hydrogens is 567 g/mol. The van der Waals surface area contributed by atoms with E-state index in [1.807, 2.05) is 6.92 Å². The predicted molar refractivity (Wildman–Crippen MR) is 163 cm³/mol. The number of nitrogens with zero attached hydrogens (tertiary/aromatic N) is 2. The zero-order chi connectivity index (χ0) is 31.6. The standard InChI is InChI=1S/C32H45FN6O5/c1-4-27(40)37-28(31(42)35-23-14-17-44-18-15-23)20(3)22-11-12-25(24(33)19-22)36-32(43)29(21-9-7-6-8-10-21)38-30(41)26-13-16-34-39(26)5-2/h11-13,16,19-21,23,28-29H,4-10,14-15,17-18H2,1-3H3,(H,35,42)(H,36,43)(H,37,40)(H,38,41)/t20-,28+,29-/m0/s1. The van der Waals surface area contributed by atoms with Gasteiger partial charge in [-0.2, -0.15) is 5.10 Å². The first-order chi connectivity index (χ1) is 21.2. The molecule has 3 atom stereocenters. The molecule has 4 amide bonds. The number of amides is 4. The first-order valence-electron chi connectivity index (χ1n) is 15.8. The van der Waals surface area contributed by atoms with Gasteiger partial charge >= 0.3 is 0 Å². The first-order valence-corrected chi connectivity index (χ1v) is 15.8. The zero-order valence-corrected chi connectivity index (χ0v) is 25.9. The van der Waals surface area contributed by atoms with Gasteiger partial charge in [0.05, 0.1) is 5.69 Å². The number of hydrogen-bond donors (Lipinski definition) is 4. The molecule has 1 saturated carbocycles. The first kappa shape index (κ1) is 33.1. The van der Waals surface area contributed by atoms with Crippen molar-refractivity contribution in [1.82, 2.24) is 25.7 Å². The van der Waals surface area contributed by atoms with Crippen molar-refractivity contribution in [2.24, 2.45) is 5.92 Å². The molecule has 1 aromatic heterocycles. The van der Waals surface area contributed by atoms with Crippen LogP contribution in [0.2, 0.25) is 0 Å². The lowest BCUT2D eigenvalue weighted by molar-refractivity contribution is -0.130. The number of rotatable bonds is 12. The third-order valence-electron chi connectivity index (χ3n) is 8.70. The van der Waals surface area contributed by atoms with Gasteiger partial charge in [-0.15, -0.1) is 0 Å². The Morgan fingerprint density at radius 3 is 2.39 bits per heavy atom. The van der Waals surface area contributed by atoms with Gasteiger partial charge in [-0.05, 0) is 62.3 Å². The van der Waals surface area contributed by atoms with E-state index in [2.05, 4.69) is 26.4 Å². The van der Waals surface area contributed by atoms with Crippen molar-refractivity contribution >= 4 is 29.3 Å². The number of aryl methyl sites for hydroxylation is 1. The number of halogens is 1. The van der Waals surface area contributed by atoms with Gasteiger partial charge < -0.3 is 26.0 Å². The Hall–Kier alpha value is -3.80. The smallest absolute Gasteiger partial charge is 0.270 e. The second-order valence-corrected chi connectivity index (χ2v) is 11.7. The molecule has 0 unspecified atom stereocenters. The second-order valence-electron chi connectivity index (χ2n) is 11.7. The number of anilines is 1. The Bertz CT molecular complexity index is 1300. The lowest BCUT2D eigenvalue weighted by Gasteiger charge is -2.30. The minimum atomic E-state index is -0.910. The van der Waals surface area contributed by atoms with Crippen molar-refractivity contribution in [1.29, 1.82) is 0 Å². The predicted octanol–water partition coefficient (Wildman–Crippen LogP) is 3.65. The number of carbonyl (C=O) groups excluding carboxylic acids is 4. The maximum Gasteiger partial charge on any atom is 0.270 e. The maximum atomic E-state index is 15.5. The topological polar surface area (TPSA) is 143 Å². The van der Waals surface area contributed by atoms with Crippen LogP contribution in [0.3, 0.4) is 0 Å². The normalized spacial score (nSPS) is 18.1. The van der Waals surface area contributed by atoms with Crippen LogP contribution < -0.4 is 21.3 Å². The molecule has 2 heterocycles. The maximum absolute atomic E-state index is 15.5. The molecule has 44 heavy (non-hydrogen) atoms. The van der Waals surface area contributed by atoms with Gasteiger partial charge in [0.25, 0.3) is 5.91 Å². The fraction of sp³-hybridized carbons (Fsp3) is 0.594. The molecule has 0 bridgehead atoms. The van der Waals surface area contributed by atoms with Crippen molar-refractivity contribution in [2.75, 3.05) is 18.5 Å². The molecular formula is C32H45FN6O5. The molecule has 2 aliphatic rings. The molecule has 4 rings (SSSR count). The van der Waals surface area contributed by atoms with E-state index < -0.39 is 35.6 Å². The third-order valence-corrected chi connectivity index (χ3v) is 8.70. The summed E-state index contributed by atoms with van der Waals surface area (Å²) in [6.07, 6.45) is 7.65. The van der Waals surface area contributed by atoms with Crippen molar-refractivity contribution in [2.45, 2.75) is 103 Å². The highest BCUT2D eigenvalue weighted by Gasteiger charge is 2.33. The summed E-state index contributed by atoms with van der Waals surface area (Å²) < 4.78 is 22.4. The summed E-state index contributed by atoms with van der Waals surface area (Å²) in [6, 6.07) is 4.18. The minimum absolute atomic E-state index is 0.0274. The van der Waals surface area contributed by atoms with E-state index in [1.54, 1.807) is 36.9 Å². The Balaban J connectivity index is 1.49. The van der Waals surface area contributed by atoms with Gasteiger partial charge in [0.15, 0.2) is 0 Å². The van der Waals surface area contributed by atoms with E-state index >= 15 is 4.39 Å². The number of aromatic nitrogens is 2. The van der Waals surface area contributed by atoms with Crippen LogP contribution in [-0.2, 0) is 25.7 Å². The van der Waals surface area contributed by atoms with Gasteiger partial charge in [0, 0.05) is 44.3 Å². The van der Waals surface area contributed by atoms with Gasteiger partial charge in [-0.25, -0.2) is 4.39 Å². The molecule has 0 radical (unpaired) electrons. The average Bonchev–Trinajstić information content (AvgIpc) is 3.53. The highest BCUT2D eigenvalue weighted by Crippen LogP contribution is 2.29. The van der Waals surface area contributed by atoms with E-state index in [-0.39, 0.29) is 35.9 Å². The molecule has 2 aromatic rings. The van der Waals surface area contributed by atoms with Gasteiger partial charge in [-0.3, -0.25) is 23.9 Å². The summed E-state index contributed by atoms with van der Waals surface area (Å²) in [5.41, 5.74) is 0.825. The Labute approximate surface area is 258 Å². The summed E-state index contributed by atoms with van der Waals surface area (Å²) in [5, 5.41) is 15.5. The molecule has 1 saturated heterocycles. The van der Waals surface area contributed by atoms with Crippen LogP contribution >= 0.6 is 0 Å². The van der Waals surface area contributed by atoms with Crippen molar-refractivity contribution in [3.05, 3.63) is 47.5 Å². The number of benzene rings is 1. The summed E-state index contributed by atoms with van der Waals surface area (Å²) in [6.45, 7) is 6.95. The van der Waals surface area contributed by atoms with E-state index in [0.717, 1.165) is 32.1 Å². The SMILES string of the molecule is CCC(=O)N[C@@H](C(=O)NC1CCOCC1)[C@@H](C)c1ccc(NC(=O)[C@@H](NC(=O)c2ccnn2CC)C2CCCCC2)c(F)c1. The third kappa shape index (κ3) is 8.43. The van der Waals surface area contributed by atoms with E-state index in [9.17, 15) is 19.2 Å². The summed E-state index contributed by atoms with van der Waals surface area (Å²) >= 11 is 0. The fourth-order valence-corrected chi connectivity index (χ4v) is 6.00. The molecule has 1 aliphatic heterocycles. The van der Waals surface area contributed by atoms with Crippen LogP contribution in [0.5, 0.6) is 0 Å². The van der Waals surface area contributed by atoms with E-state index in [0.29, 0.717) is 43.9 Å². The Morgan fingerprint density at radius 2 is 1.73 bits per heavy atom. The van der Waals surface area contributed by atoms with Crippen molar-refractivity contribution < 1.29 is 28.3 Å². The minimum Gasteiger partial charge on any atom is -0.381 e. The van der Waals surface area contributed by atoms with Gasteiger partial charge in [-0.1, -0.05) is 39.2 Å². The molecule has 0 spiro atoms. The molecule has 4 N–H and O–H groups in total. The highest BCUT2D eigenvalue weighted by molar-refractivity contribution is 6.00. The average molecular weight is 613 g/mol. The molecule has 2 fully saturated rings. The summed E-state index contributed by atoms with van der Waals surface area (Å²) in [5.74, 6) is -2.82. The summed E-state index contributed by atoms with van der Waals surface area (Å²) in [7, 11) is 0. The number of nitrogens with one attached hydrogen (secondary N) is 4. The molecule has 240 valence electrons. The van der Waals surface area contributed by atoms with Crippen molar-refractivity contribution in [3.8, 4) is 0 Å². The van der Waals surface area contributed by atoms with Crippen LogP contribution in [-0.4, -0.2) is 64.7 Å². The lowest BCUT2D eigenvalue weighted by Crippen LogP contribution is -2.52.